The van der Waals surface area contributed by atoms with E-state index in [9.17, 15) is 8.78 Å². The summed E-state index contributed by atoms with van der Waals surface area (Å²) >= 11 is 0. The van der Waals surface area contributed by atoms with Crippen molar-refractivity contribution in [3.05, 3.63) is 29.3 Å². The van der Waals surface area contributed by atoms with Crippen LogP contribution >= 0.6 is 0 Å². The van der Waals surface area contributed by atoms with Gasteiger partial charge in [-0.1, -0.05) is 0 Å². The van der Waals surface area contributed by atoms with Gasteiger partial charge in [-0.3, -0.25) is 0 Å². The highest BCUT2D eigenvalue weighted by Crippen LogP contribution is 2.32. The maximum Gasteiger partial charge on any atom is 0.183 e. The second-order valence-corrected chi connectivity index (χ2v) is 4.73. The maximum atomic E-state index is 14.0. The summed E-state index contributed by atoms with van der Waals surface area (Å²) in [6.07, 6.45) is 3.50. The molecule has 3 nitrogen and oxygen atoms in total. The molecular formula is C14H16F2N2O. The standard InChI is InChI=1S/C14H16F2N2O/c15-13-10(9-17)5-6-12(14(13)16)18(7-2-8-19)11-3-1-4-11/h5-6,11,19H,1-4,7-8H2. The predicted octanol–water partition coefficient (Wildman–Crippen LogP) is 2.58. The number of nitriles is 1. The van der Waals surface area contributed by atoms with Crippen molar-refractivity contribution in [2.24, 2.45) is 0 Å². The highest BCUT2D eigenvalue weighted by atomic mass is 19.2. The van der Waals surface area contributed by atoms with Crippen LogP contribution in [0.15, 0.2) is 12.1 Å². The Morgan fingerprint density at radius 3 is 2.58 bits per heavy atom. The molecule has 0 radical (unpaired) electrons. The first-order valence-corrected chi connectivity index (χ1v) is 6.44. The van der Waals surface area contributed by atoms with Gasteiger partial charge in [0.2, 0.25) is 0 Å². The van der Waals surface area contributed by atoms with Gasteiger partial charge in [0.05, 0.1) is 11.3 Å². The van der Waals surface area contributed by atoms with Crippen LogP contribution in [0.3, 0.4) is 0 Å². The van der Waals surface area contributed by atoms with Crippen molar-refractivity contribution >= 4 is 5.69 Å². The number of aliphatic hydroxyl groups is 1. The third-order valence-electron chi connectivity index (χ3n) is 3.56. The fourth-order valence-corrected chi connectivity index (χ4v) is 2.29. The third-order valence-corrected chi connectivity index (χ3v) is 3.56. The molecule has 1 aromatic carbocycles. The van der Waals surface area contributed by atoms with Crippen LogP contribution in [0.4, 0.5) is 14.5 Å². The van der Waals surface area contributed by atoms with Crippen LogP contribution in [-0.2, 0) is 0 Å². The molecule has 0 aromatic heterocycles. The van der Waals surface area contributed by atoms with Crippen LogP contribution in [0.2, 0.25) is 0 Å². The van der Waals surface area contributed by atoms with Crippen LogP contribution in [-0.4, -0.2) is 24.3 Å². The van der Waals surface area contributed by atoms with E-state index in [0.717, 1.165) is 19.3 Å². The van der Waals surface area contributed by atoms with Crippen molar-refractivity contribution in [1.29, 1.82) is 5.26 Å². The summed E-state index contributed by atoms with van der Waals surface area (Å²) in [6, 6.07) is 4.59. The molecule has 1 fully saturated rings. The Kier molecular flexibility index (Phi) is 4.33. The lowest BCUT2D eigenvalue weighted by Crippen LogP contribution is -2.41. The molecule has 19 heavy (non-hydrogen) atoms. The minimum absolute atomic E-state index is 0.0175. The zero-order valence-electron chi connectivity index (χ0n) is 10.6. The number of hydrogen-bond donors (Lipinski definition) is 1. The van der Waals surface area contributed by atoms with Gasteiger partial charge in [0.1, 0.15) is 6.07 Å². The van der Waals surface area contributed by atoms with Crippen molar-refractivity contribution < 1.29 is 13.9 Å². The SMILES string of the molecule is N#Cc1ccc(N(CCCO)C2CCC2)c(F)c1F. The summed E-state index contributed by atoms with van der Waals surface area (Å²) < 4.78 is 27.7. The lowest BCUT2D eigenvalue weighted by molar-refractivity contribution is 0.282. The van der Waals surface area contributed by atoms with E-state index in [0.29, 0.717) is 13.0 Å². The normalized spacial score (nSPS) is 14.8. The first-order chi connectivity index (χ1) is 9.19. The average Bonchev–Trinajstić information content (AvgIpc) is 2.36. The van der Waals surface area contributed by atoms with Crippen LogP contribution < -0.4 is 4.90 Å². The first-order valence-electron chi connectivity index (χ1n) is 6.44. The Bertz CT molecular complexity index is 495. The van der Waals surface area contributed by atoms with E-state index in [1.54, 1.807) is 11.0 Å². The zero-order chi connectivity index (χ0) is 13.8. The summed E-state index contributed by atoms with van der Waals surface area (Å²) in [4.78, 5) is 1.80. The minimum Gasteiger partial charge on any atom is -0.396 e. The van der Waals surface area contributed by atoms with E-state index >= 15 is 0 Å². The van der Waals surface area contributed by atoms with Crippen LogP contribution in [0.25, 0.3) is 0 Å². The average molecular weight is 266 g/mol. The van der Waals surface area contributed by atoms with Gasteiger partial charge >= 0.3 is 0 Å². The second-order valence-electron chi connectivity index (χ2n) is 4.73. The van der Waals surface area contributed by atoms with Gasteiger partial charge in [-0.05, 0) is 37.8 Å². The Labute approximate surface area is 111 Å². The van der Waals surface area contributed by atoms with E-state index < -0.39 is 11.6 Å². The Balaban J connectivity index is 2.30. The number of anilines is 1. The van der Waals surface area contributed by atoms with Gasteiger partial charge in [-0.25, -0.2) is 8.78 Å². The molecule has 1 aliphatic carbocycles. The van der Waals surface area contributed by atoms with E-state index in [1.807, 2.05) is 0 Å². The fraction of sp³-hybridized carbons (Fsp3) is 0.500. The highest BCUT2D eigenvalue weighted by Gasteiger charge is 2.28. The third kappa shape index (κ3) is 2.69. The van der Waals surface area contributed by atoms with Crippen LogP contribution in [0.5, 0.6) is 0 Å². The van der Waals surface area contributed by atoms with Gasteiger partial charge in [-0.2, -0.15) is 5.26 Å². The van der Waals surface area contributed by atoms with E-state index in [4.69, 9.17) is 10.4 Å². The number of rotatable bonds is 5. The molecule has 0 heterocycles. The molecule has 0 amide bonds. The van der Waals surface area contributed by atoms with Crippen molar-refractivity contribution in [3.8, 4) is 6.07 Å². The highest BCUT2D eigenvalue weighted by molar-refractivity contribution is 5.53. The van der Waals surface area contributed by atoms with Crippen molar-refractivity contribution in [2.75, 3.05) is 18.1 Å². The molecular weight excluding hydrogens is 250 g/mol. The van der Waals surface area contributed by atoms with E-state index in [1.165, 1.54) is 12.1 Å². The fourth-order valence-electron chi connectivity index (χ4n) is 2.29. The molecule has 0 aliphatic heterocycles. The largest absolute Gasteiger partial charge is 0.396 e. The number of benzene rings is 1. The molecule has 1 aromatic rings. The van der Waals surface area contributed by atoms with Gasteiger partial charge in [0.25, 0.3) is 0 Å². The molecule has 1 aliphatic rings. The molecule has 0 spiro atoms. The van der Waals surface area contributed by atoms with Crippen molar-refractivity contribution in [3.63, 3.8) is 0 Å². The van der Waals surface area contributed by atoms with Crippen LogP contribution in [0, 0.1) is 23.0 Å². The number of hydrogen-bond acceptors (Lipinski definition) is 3. The molecule has 0 saturated heterocycles. The minimum atomic E-state index is -1.09. The van der Waals surface area contributed by atoms with Gasteiger partial charge in [0.15, 0.2) is 11.6 Å². The van der Waals surface area contributed by atoms with Crippen LogP contribution in [0.1, 0.15) is 31.2 Å². The lowest BCUT2D eigenvalue weighted by atomic mass is 9.90. The summed E-state index contributed by atoms with van der Waals surface area (Å²) in [5.41, 5.74) is -0.0911. The first kappa shape index (κ1) is 13.8. The molecule has 1 saturated carbocycles. The maximum absolute atomic E-state index is 14.0. The summed E-state index contributed by atoms with van der Waals surface area (Å²) in [5.74, 6) is -2.06. The number of aliphatic hydroxyl groups excluding tert-OH is 1. The summed E-state index contributed by atoms with van der Waals surface area (Å²) in [6.45, 7) is 0.507. The lowest BCUT2D eigenvalue weighted by Gasteiger charge is -2.39. The molecule has 102 valence electrons. The Hall–Kier alpha value is -1.67. The number of halogens is 2. The van der Waals surface area contributed by atoms with E-state index in [2.05, 4.69) is 0 Å². The second kappa shape index (κ2) is 5.98. The Morgan fingerprint density at radius 1 is 1.32 bits per heavy atom. The molecule has 0 unspecified atom stereocenters. The topological polar surface area (TPSA) is 47.3 Å². The molecule has 5 heteroatoms. The smallest absolute Gasteiger partial charge is 0.183 e. The number of nitrogens with zero attached hydrogens (tertiary/aromatic N) is 2. The van der Waals surface area contributed by atoms with Crippen molar-refractivity contribution in [1.82, 2.24) is 0 Å². The van der Waals surface area contributed by atoms with Gasteiger partial charge in [-0.15, -0.1) is 0 Å². The van der Waals surface area contributed by atoms with Gasteiger partial charge < -0.3 is 10.0 Å². The van der Waals surface area contributed by atoms with Crippen molar-refractivity contribution in [2.45, 2.75) is 31.7 Å². The summed E-state index contributed by atoms with van der Waals surface area (Å²) in [7, 11) is 0. The molecule has 0 bridgehead atoms. The Morgan fingerprint density at radius 2 is 2.05 bits per heavy atom. The molecule has 0 atom stereocenters. The van der Waals surface area contributed by atoms with Gasteiger partial charge in [0, 0.05) is 19.2 Å². The van der Waals surface area contributed by atoms with E-state index in [-0.39, 0.29) is 23.9 Å². The zero-order valence-corrected chi connectivity index (χ0v) is 10.6. The quantitative estimate of drug-likeness (QED) is 0.891. The summed E-state index contributed by atoms with van der Waals surface area (Å²) in [5, 5.41) is 17.6. The monoisotopic (exact) mass is 266 g/mol. The molecule has 1 N–H and O–H groups in total. The molecule has 2 rings (SSSR count). The predicted molar refractivity (Wildman–Crippen MR) is 67.8 cm³/mol.